The largest absolute Gasteiger partial charge is 0.382 e. The van der Waals surface area contributed by atoms with Gasteiger partial charge in [-0.1, -0.05) is 37.0 Å². The summed E-state index contributed by atoms with van der Waals surface area (Å²) in [4.78, 5) is 21.4. The quantitative estimate of drug-likeness (QED) is 0.456. The third-order valence-electron chi connectivity index (χ3n) is 2.68. The third-order valence-corrected chi connectivity index (χ3v) is 4.74. The highest BCUT2D eigenvalue weighted by Crippen LogP contribution is 2.06. The van der Waals surface area contributed by atoms with Gasteiger partial charge in [-0.15, -0.1) is 0 Å². The van der Waals surface area contributed by atoms with Gasteiger partial charge in [-0.3, -0.25) is 4.89 Å². The van der Waals surface area contributed by atoms with Crippen molar-refractivity contribution in [2.24, 2.45) is 0 Å². The first-order chi connectivity index (χ1) is 8.84. The Hall–Kier alpha value is -1.17. The van der Waals surface area contributed by atoms with E-state index in [9.17, 15) is 4.79 Å². The second kappa shape index (κ2) is 6.84. The van der Waals surface area contributed by atoms with Gasteiger partial charge in [0.05, 0.1) is 20.2 Å². The first-order valence-electron chi connectivity index (χ1n) is 6.31. The minimum absolute atomic E-state index is 0.282. The minimum Gasteiger partial charge on any atom is -0.382 e. The summed E-state index contributed by atoms with van der Waals surface area (Å²) in [6.45, 7) is 8.93. The van der Waals surface area contributed by atoms with Crippen LogP contribution in [-0.2, 0) is 14.5 Å². The van der Waals surface area contributed by atoms with Crippen LogP contribution < -0.4 is 5.19 Å². The van der Waals surface area contributed by atoms with Gasteiger partial charge in [-0.2, -0.15) is 4.89 Å². The molecule has 1 rings (SSSR count). The average Bonchev–Trinajstić information content (AvgIpc) is 2.35. The fourth-order valence-electron chi connectivity index (χ4n) is 1.54. The number of carbonyl (C=O) groups is 1. The lowest BCUT2D eigenvalue weighted by molar-refractivity contribution is -0.276. The van der Waals surface area contributed by atoms with Crippen LogP contribution in [0.3, 0.4) is 0 Å². The van der Waals surface area contributed by atoms with Crippen molar-refractivity contribution in [3.8, 4) is 0 Å². The first kappa shape index (κ1) is 15.9. The standard InChI is InChI=1S/C14H22O4Si/c1-11(10-16-2)17-18-14(15)12-6-8-13(9-7-12)19(3,4)5/h6-9,11H,10H2,1-5H3. The summed E-state index contributed by atoms with van der Waals surface area (Å²) in [5, 5.41) is 1.30. The number of ether oxygens (including phenoxy) is 1. The average molecular weight is 282 g/mol. The molecule has 1 aromatic carbocycles. The van der Waals surface area contributed by atoms with Crippen molar-refractivity contribution < 1.29 is 19.3 Å². The zero-order valence-corrected chi connectivity index (χ0v) is 13.2. The maximum atomic E-state index is 11.7. The van der Waals surface area contributed by atoms with E-state index in [1.807, 2.05) is 12.1 Å². The number of hydrogen-bond donors (Lipinski definition) is 0. The maximum Gasteiger partial charge on any atom is 0.373 e. The van der Waals surface area contributed by atoms with E-state index in [0.29, 0.717) is 12.2 Å². The second-order valence-corrected chi connectivity index (χ2v) is 10.6. The van der Waals surface area contributed by atoms with Crippen molar-refractivity contribution in [2.45, 2.75) is 32.7 Å². The highest BCUT2D eigenvalue weighted by atomic mass is 28.3. The van der Waals surface area contributed by atoms with Crippen LogP contribution in [0.5, 0.6) is 0 Å². The molecule has 0 heterocycles. The molecule has 0 bridgehead atoms. The molecule has 0 fully saturated rings. The van der Waals surface area contributed by atoms with Crippen molar-refractivity contribution in [3.63, 3.8) is 0 Å². The molecule has 5 heteroatoms. The molecule has 0 aliphatic heterocycles. The van der Waals surface area contributed by atoms with Crippen molar-refractivity contribution >= 4 is 19.2 Å². The van der Waals surface area contributed by atoms with Gasteiger partial charge in [0.15, 0.2) is 0 Å². The van der Waals surface area contributed by atoms with Gasteiger partial charge in [0.1, 0.15) is 6.10 Å². The smallest absolute Gasteiger partial charge is 0.373 e. The van der Waals surface area contributed by atoms with E-state index < -0.39 is 14.0 Å². The summed E-state index contributed by atoms with van der Waals surface area (Å²) in [6.07, 6.45) is -0.282. The van der Waals surface area contributed by atoms with Crippen molar-refractivity contribution in [2.75, 3.05) is 13.7 Å². The van der Waals surface area contributed by atoms with E-state index in [1.54, 1.807) is 26.2 Å². The number of carbonyl (C=O) groups excluding carboxylic acids is 1. The van der Waals surface area contributed by atoms with Crippen molar-refractivity contribution in [1.82, 2.24) is 0 Å². The highest BCUT2D eigenvalue weighted by Gasteiger charge is 2.17. The zero-order chi connectivity index (χ0) is 14.5. The summed E-state index contributed by atoms with van der Waals surface area (Å²) in [5.41, 5.74) is 0.492. The molecule has 0 aromatic heterocycles. The Balaban J connectivity index is 2.59. The lowest BCUT2D eigenvalue weighted by Gasteiger charge is -2.16. The molecular formula is C14H22O4Si. The van der Waals surface area contributed by atoms with E-state index in [0.717, 1.165) is 0 Å². The van der Waals surface area contributed by atoms with Crippen LogP contribution in [0.2, 0.25) is 19.6 Å². The molecule has 106 valence electrons. The first-order valence-corrected chi connectivity index (χ1v) is 9.81. The van der Waals surface area contributed by atoms with E-state index in [1.165, 1.54) is 5.19 Å². The van der Waals surface area contributed by atoms with Crippen LogP contribution in [0.1, 0.15) is 17.3 Å². The lowest BCUT2D eigenvalue weighted by atomic mass is 10.2. The Morgan fingerprint density at radius 1 is 1.21 bits per heavy atom. The lowest BCUT2D eigenvalue weighted by Crippen LogP contribution is -2.37. The zero-order valence-electron chi connectivity index (χ0n) is 12.2. The monoisotopic (exact) mass is 282 g/mol. The minimum atomic E-state index is -1.34. The Labute approximate surface area is 115 Å². The van der Waals surface area contributed by atoms with Crippen molar-refractivity contribution in [1.29, 1.82) is 0 Å². The van der Waals surface area contributed by atoms with Crippen LogP contribution in [0.15, 0.2) is 24.3 Å². The number of rotatable bonds is 6. The van der Waals surface area contributed by atoms with Gasteiger partial charge in [0, 0.05) is 7.11 Å². The van der Waals surface area contributed by atoms with Crippen LogP contribution in [-0.4, -0.2) is 33.9 Å². The van der Waals surface area contributed by atoms with E-state index >= 15 is 0 Å². The van der Waals surface area contributed by atoms with Crippen LogP contribution in [0.25, 0.3) is 0 Å². The van der Waals surface area contributed by atoms with Gasteiger partial charge in [0.25, 0.3) is 0 Å². The molecule has 0 saturated carbocycles. The molecule has 1 unspecified atom stereocenters. The summed E-state index contributed by atoms with van der Waals surface area (Å²) in [6, 6.07) is 7.53. The molecule has 0 N–H and O–H groups in total. The van der Waals surface area contributed by atoms with Gasteiger partial charge in [0.2, 0.25) is 0 Å². The highest BCUT2D eigenvalue weighted by molar-refractivity contribution is 6.88. The summed E-state index contributed by atoms with van der Waals surface area (Å²) >= 11 is 0. The normalized spacial score (nSPS) is 13.1. The molecule has 0 spiro atoms. The summed E-state index contributed by atoms with van der Waals surface area (Å²) < 4.78 is 4.88. The van der Waals surface area contributed by atoms with Gasteiger partial charge < -0.3 is 4.74 Å². The van der Waals surface area contributed by atoms with E-state index in [2.05, 4.69) is 19.6 Å². The summed E-state index contributed by atoms with van der Waals surface area (Å²) in [5.74, 6) is -0.481. The maximum absolute atomic E-state index is 11.7. The predicted octanol–water partition coefficient (Wildman–Crippen LogP) is 2.36. The fraction of sp³-hybridized carbons (Fsp3) is 0.500. The Morgan fingerprint density at radius 3 is 2.26 bits per heavy atom. The second-order valence-electron chi connectivity index (χ2n) is 5.56. The van der Waals surface area contributed by atoms with Gasteiger partial charge >= 0.3 is 5.97 Å². The van der Waals surface area contributed by atoms with Crippen molar-refractivity contribution in [3.05, 3.63) is 29.8 Å². The van der Waals surface area contributed by atoms with E-state index in [-0.39, 0.29) is 6.10 Å². The summed E-state index contributed by atoms with van der Waals surface area (Å²) in [7, 11) is 0.228. The number of methoxy groups -OCH3 is 1. The number of hydrogen-bond acceptors (Lipinski definition) is 4. The molecule has 4 nitrogen and oxygen atoms in total. The fourth-order valence-corrected chi connectivity index (χ4v) is 2.71. The SMILES string of the molecule is COCC(C)OOC(=O)c1ccc([Si](C)(C)C)cc1. The van der Waals surface area contributed by atoms with E-state index in [4.69, 9.17) is 14.5 Å². The third kappa shape index (κ3) is 5.14. The molecule has 19 heavy (non-hydrogen) atoms. The van der Waals surface area contributed by atoms with Crippen LogP contribution in [0, 0.1) is 0 Å². The van der Waals surface area contributed by atoms with Crippen LogP contribution >= 0.6 is 0 Å². The molecule has 0 amide bonds. The molecule has 1 atom stereocenters. The topological polar surface area (TPSA) is 44.8 Å². The number of benzene rings is 1. The molecule has 1 aromatic rings. The van der Waals surface area contributed by atoms with Gasteiger partial charge in [-0.05, 0) is 19.1 Å². The Bertz CT molecular complexity index is 408. The van der Waals surface area contributed by atoms with Crippen LogP contribution in [0.4, 0.5) is 0 Å². The molecule has 0 aliphatic carbocycles. The molecule has 0 aliphatic rings. The molecular weight excluding hydrogens is 260 g/mol. The molecule has 0 radical (unpaired) electrons. The Morgan fingerprint density at radius 2 is 1.79 bits per heavy atom. The Kier molecular flexibility index (Phi) is 5.72. The predicted molar refractivity (Wildman–Crippen MR) is 77.3 cm³/mol. The van der Waals surface area contributed by atoms with Gasteiger partial charge in [-0.25, -0.2) is 4.79 Å². The molecule has 0 saturated heterocycles.